The van der Waals surface area contributed by atoms with Crippen LogP contribution in [0.5, 0.6) is 5.75 Å². The second-order valence-corrected chi connectivity index (χ2v) is 5.25. The largest absolute Gasteiger partial charge is 0.507 e. The SMILES string of the molecule is O=C(N/N=C\c1c(Cl)cccc1Cl)c1ccc(Cl)cc1O. The average molecular weight is 344 g/mol. The van der Waals surface area contributed by atoms with Crippen LogP contribution in [0.15, 0.2) is 41.5 Å². The van der Waals surface area contributed by atoms with Crippen LogP contribution in [0.3, 0.4) is 0 Å². The van der Waals surface area contributed by atoms with E-state index in [9.17, 15) is 9.90 Å². The molecule has 2 aromatic carbocycles. The number of nitrogens with zero attached hydrogens (tertiary/aromatic N) is 1. The van der Waals surface area contributed by atoms with Crippen LogP contribution in [-0.2, 0) is 0 Å². The predicted octanol–water partition coefficient (Wildman–Crippen LogP) is 4.12. The third kappa shape index (κ3) is 3.88. The summed E-state index contributed by atoms with van der Waals surface area (Å²) >= 11 is 17.6. The molecule has 0 saturated heterocycles. The summed E-state index contributed by atoms with van der Waals surface area (Å²) in [7, 11) is 0. The van der Waals surface area contributed by atoms with Crippen molar-refractivity contribution in [3.8, 4) is 5.75 Å². The maximum absolute atomic E-state index is 11.8. The Labute approximate surface area is 135 Å². The van der Waals surface area contributed by atoms with Crippen LogP contribution in [0.25, 0.3) is 0 Å². The van der Waals surface area contributed by atoms with Gasteiger partial charge in [0.05, 0.1) is 21.8 Å². The lowest BCUT2D eigenvalue weighted by Gasteiger charge is -2.04. The zero-order valence-corrected chi connectivity index (χ0v) is 12.7. The van der Waals surface area contributed by atoms with Crippen molar-refractivity contribution in [1.82, 2.24) is 5.43 Å². The molecule has 0 saturated carbocycles. The summed E-state index contributed by atoms with van der Waals surface area (Å²) in [5, 5.41) is 14.5. The second kappa shape index (κ2) is 6.80. The molecule has 0 aromatic heterocycles. The minimum Gasteiger partial charge on any atom is -0.507 e. The summed E-state index contributed by atoms with van der Waals surface area (Å²) in [4.78, 5) is 11.8. The first-order chi connectivity index (χ1) is 9.99. The molecule has 4 nitrogen and oxygen atoms in total. The Bertz CT molecular complexity index is 697. The number of halogens is 3. The van der Waals surface area contributed by atoms with Crippen molar-refractivity contribution in [3.05, 3.63) is 62.6 Å². The molecule has 2 aromatic rings. The van der Waals surface area contributed by atoms with Gasteiger partial charge in [-0.2, -0.15) is 5.10 Å². The minimum atomic E-state index is -0.580. The maximum atomic E-state index is 11.8. The second-order valence-electron chi connectivity index (χ2n) is 4.00. The summed E-state index contributed by atoms with van der Waals surface area (Å²) in [5.74, 6) is -0.811. The number of hydrazone groups is 1. The van der Waals surface area contributed by atoms with Crippen molar-refractivity contribution in [2.75, 3.05) is 0 Å². The first-order valence-corrected chi connectivity index (χ1v) is 6.88. The van der Waals surface area contributed by atoms with Gasteiger partial charge in [0.25, 0.3) is 5.91 Å². The number of rotatable bonds is 3. The van der Waals surface area contributed by atoms with E-state index in [0.717, 1.165) is 0 Å². The smallest absolute Gasteiger partial charge is 0.275 e. The average Bonchev–Trinajstić information content (AvgIpc) is 2.42. The van der Waals surface area contributed by atoms with Crippen LogP contribution in [0, 0.1) is 0 Å². The van der Waals surface area contributed by atoms with Crippen molar-refractivity contribution in [1.29, 1.82) is 0 Å². The highest BCUT2D eigenvalue weighted by Gasteiger charge is 2.10. The number of hydrogen-bond donors (Lipinski definition) is 2. The van der Waals surface area contributed by atoms with Crippen LogP contribution in [0.4, 0.5) is 0 Å². The minimum absolute atomic E-state index is 0.0572. The number of carbonyl (C=O) groups is 1. The first-order valence-electron chi connectivity index (χ1n) is 5.75. The summed E-state index contributed by atoms with van der Waals surface area (Å²) in [6.07, 6.45) is 1.33. The van der Waals surface area contributed by atoms with Crippen molar-refractivity contribution in [2.45, 2.75) is 0 Å². The zero-order chi connectivity index (χ0) is 15.4. The number of aromatic hydroxyl groups is 1. The van der Waals surface area contributed by atoms with E-state index in [2.05, 4.69) is 10.5 Å². The summed E-state index contributed by atoms with van der Waals surface area (Å²) in [5.41, 5.74) is 2.82. The maximum Gasteiger partial charge on any atom is 0.275 e. The molecule has 0 aliphatic heterocycles. The third-order valence-corrected chi connectivity index (χ3v) is 3.46. The van der Waals surface area contributed by atoms with Crippen LogP contribution in [0.2, 0.25) is 15.1 Å². The fourth-order valence-electron chi connectivity index (χ4n) is 1.55. The highest BCUT2D eigenvalue weighted by Crippen LogP contribution is 2.23. The standard InChI is InChI=1S/C14H9Cl3N2O2/c15-8-4-5-9(13(20)6-8)14(21)19-18-7-10-11(16)2-1-3-12(10)17/h1-7,20H,(H,19,21)/b18-7-. The Morgan fingerprint density at radius 2 is 1.81 bits per heavy atom. The molecule has 0 fully saturated rings. The van der Waals surface area contributed by atoms with Gasteiger partial charge in [0, 0.05) is 10.6 Å². The molecule has 0 aliphatic rings. The number of amides is 1. The Morgan fingerprint density at radius 3 is 2.43 bits per heavy atom. The lowest BCUT2D eigenvalue weighted by atomic mass is 10.2. The molecule has 0 bridgehead atoms. The number of phenols is 1. The summed E-state index contributed by atoms with van der Waals surface area (Å²) in [6.45, 7) is 0. The van der Waals surface area contributed by atoms with Crippen LogP contribution in [-0.4, -0.2) is 17.2 Å². The fraction of sp³-hybridized carbons (Fsp3) is 0. The molecule has 0 atom stereocenters. The van der Waals surface area contributed by atoms with Crippen LogP contribution >= 0.6 is 34.8 Å². The van der Waals surface area contributed by atoms with Crippen LogP contribution < -0.4 is 5.43 Å². The molecule has 2 rings (SSSR count). The molecular weight excluding hydrogens is 335 g/mol. The van der Waals surface area contributed by atoms with Gasteiger partial charge in [-0.3, -0.25) is 4.79 Å². The summed E-state index contributed by atoms with van der Waals surface area (Å²) < 4.78 is 0. The number of benzene rings is 2. The van der Waals surface area contributed by atoms with Gasteiger partial charge in [-0.05, 0) is 30.3 Å². The fourth-order valence-corrected chi connectivity index (χ4v) is 2.21. The van der Waals surface area contributed by atoms with E-state index in [0.29, 0.717) is 20.6 Å². The molecule has 1 amide bonds. The quantitative estimate of drug-likeness (QED) is 0.650. The van der Waals surface area contributed by atoms with Gasteiger partial charge in [-0.1, -0.05) is 40.9 Å². The molecule has 0 aliphatic carbocycles. The zero-order valence-electron chi connectivity index (χ0n) is 10.5. The highest BCUT2D eigenvalue weighted by molar-refractivity contribution is 6.38. The predicted molar refractivity (Wildman–Crippen MR) is 84.6 cm³/mol. The first kappa shape index (κ1) is 15.6. The van der Waals surface area contributed by atoms with Gasteiger partial charge >= 0.3 is 0 Å². The van der Waals surface area contributed by atoms with Crippen molar-refractivity contribution < 1.29 is 9.90 Å². The van der Waals surface area contributed by atoms with Gasteiger partial charge in [0.1, 0.15) is 5.75 Å². The molecule has 108 valence electrons. The van der Waals surface area contributed by atoms with E-state index < -0.39 is 5.91 Å². The van der Waals surface area contributed by atoms with Crippen LogP contribution in [0.1, 0.15) is 15.9 Å². The van der Waals surface area contributed by atoms with Crippen molar-refractivity contribution in [3.63, 3.8) is 0 Å². The molecule has 2 N–H and O–H groups in total. The van der Waals surface area contributed by atoms with E-state index in [1.54, 1.807) is 18.2 Å². The Morgan fingerprint density at radius 1 is 1.14 bits per heavy atom. The number of hydrogen-bond acceptors (Lipinski definition) is 3. The number of nitrogens with one attached hydrogen (secondary N) is 1. The van der Waals surface area contributed by atoms with Gasteiger partial charge in [0.15, 0.2) is 0 Å². The lowest BCUT2D eigenvalue weighted by molar-refractivity contribution is 0.0952. The van der Waals surface area contributed by atoms with Gasteiger partial charge < -0.3 is 5.11 Å². The Hall–Kier alpha value is -1.75. The van der Waals surface area contributed by atoms with Gasteiger partial charge in [-0.15, -0.1) is 0 Å². The molecule has 0 heterocycles. The van der Waals surface area contributed by atoms with Gasteiger partial charge in [-0.25, -0.2) is 5.43 Å². The van der Waals surface area contributed by atoms with E-state index >= 15 is 0 Å². The number of carbonyl (C=O) groups excluding carboxylic acids is 1. The third-order valence-electron chi connectivity index (χ3n) is 2.56. The topological polar surface area (TPSA) is 61.7 Å². The molecule has 0 spiro atoms. The molecule has 0 radical (unpaired) electrons. The molecule has 0 unspecified atom stereocenters. The molecule has 7 heteroatoms. The Kier molecular flexibility index (Phi) is 5.07. The lowest BCUT2D eigenvalue weighted by Crippen LogP contribution is -2.17. The number of phenolic OH excluding ortho intramolecular Hbond substituents is 1. The van der Waals surface area contributed by atoms with Crippen molar-refractivity contribution >= 4 is 46.9 Å². The van der Waals surface area contributed by atoms with E-state index in [4.69, 9.17) is 34.8 Å². The molecule has 21 heavy (non-hydrogen) atoms. The molecular formula is C14H9Cl3N2O2. The summed E-state index contributed by atoms with van der Waals surface area (Å²) in [6, 6.07) is 9.16. The van der Waals surface area contributed by atoms with Gasteiger partial charge in [0.2, 0.25) is 0 Å². The van der Waals surface area contributed by atoms with E-state index in [1.807, 2.05) is 0 Å². The van der Waals surface area contributed by atoms with E-state index in [1.165, 1.54) is 24.4 Å². The highest BCUT2D eigenvalue weighted by atomic mass is 35.5. The van der Waals surface area contributed by atoms with E-state index in [-0.39, 0.29) is 11.3 Å². The Balaban J connectivity index is 2.12. The monoisotopic (exact) mass is 342 g/mol. The van der Waals surface area contributed by atoms with Crippen molar-refractivity contribution in [2.24, 2.45) is 5.10 Å². The normalized spacial score (nSPS) is 10.8.